The third-order valence-electron chi connectivity index (χ3n) is 2.37. The molecule has 0 unspecified atom stereocenters. The lowest BCUT2D eigenvalue weighted by Gasteiger charge is -2.09. The van der Waals surface area contributed by atoms with Gasteiger partial charge in [-0.3, -0.25) is 4.79 Å². The van der Waals surface area contributed by atoms with Gasteiger partial charge in [0.25, 0.3) is 5.91 Å². The molecule has 1 saturated carbocycles. The maximum Gasteiger partial charge on any atom is 0.290 e. The Morgan fingerprint density at radius 1 is 1.69 bits per heavy atom. The average molecular weight is 180 g/mol. The summed E-state index contributed by atoms with van der Waals surface area (Å²) in [5, 5.41) is 6.46. The zero-order valence-electron chi connectivity index (χ0n) is 7.76. The zero-order valence-corrected chi connectivity index (χ0v) is 7.76. The minimum absolute atomic E-state index is 0.00366. The maximum atomic E-state index is 11.5. The third-order valence-corrected chi connectivity index (χ3v) is 2.37. The Bertz CT molecular complexity index is 339. The van der Waals surface area contributed by atoms with E-state index in [0.717, 1.165) is 18.4 Å². The Hall–Kier alpha value is -1.32. The maximum absolute atomic E-state index is 11.5. The highest BCUT2D eigenvalue weighted by atomic mass is 16.5. The Kier molecular flexibility index (Phi) is 1.65. The van der Waals surface area contributed by atoms with Crippen molar-refractivity contribution in [2.45, 2.75) is 32.2 Å². The van der Waals surface area contributed by atoms with Crippen LogP contribution in [0.25, 0.3) is 0 Å². The predicted octanol–water partition coefficient (Wildman–Crippen LogP) is 1.27. The molecule has 1 aromatic heterocycles. The van der Waals surface area contributed by atoms with Crippen LogP contribution in [0.5, 0.6) is 0 Å². The minimum atomic E-state index is -0.157. The smallest absolute Gasteiger partial charge is 0.290 e. The number of carbonyl (C=O) groups excluding carboxylic acids is 1. The molecule has 1 N–H and O–H groups in total. The summed E-state index contributed by atoms with van der Waals surface area (Å²) in [5.41, 5.74) is 0.776. The van der Waals surface area contributed by atoms with E-state index in [0.29, 0.717) is 5.76 Å². The Labute approximate surface area is 76.3 Å². The van der Waals surface area contributed by atoms with Gasteiger partial charge in [-0.2, -0.15) is 0 Å². The van der Waals surface area contributed by atoms with Crippen LogP contribution in [0.1, 0.15) is 35.9 Å². The van der Waals surface area contributed by atoms with Crippen LogP contribution in [-0.2, 0) is 0 Å². The standard InChI is InChI=1S/C9H12N2O2/c1-6-5-10-13-7(6)8(12)11-9(2)3-4-9/h5H,3-4H2,1-2H3,(H,11,12). The second-order valence-electron chi connectivity index (χ2n) is 3.85. The van der Waals surface area contributed by atoms with Crippen molar-refractivity contribution in [3.8, 4) is 0 Å². The molecular weight excluding hydrogens is 168 g/mol. The van der Waals surface area contributed by atoms with Gasteiger partial charge in [-0.15, -0.1) is 0 Å². The number of nitrogens with one attached hydrogen (secondary N) is 1. The van der Waals surface area contributed by atoms with Crippen molar-refractivity contribution in [3.63, 3.8) is 0 Å². The molecule has 1 amide bonds. The second-order valence-corrected chi connectivity index (χ2v) is 3.85. The molecule has 0 radical (unpaired) electrons. The van der Waals surface area contributed by atoms with Crippen LogP contribution in [0, 0.1) is 6.92 Å². The van der Waals surface area contributed by atoms with Crippen molar-refractivity contribution in [3.05, 3.63) is 17.5 Å². The van der Waals surface area contributed by atoms with Crippen molar-refractivity contribution in [2.24, 2.45) is 0 Å². The van der Waals surface area contributed by atoms with Crippen LogP contribution in [0.2, 0.25) is 0 Å². The largest absolute Gasteiger partial charge is 0.351 e. The number of amides is 1. The monoisotopic (exact) mass is 180 g/mol. The summed E-state index contributed by atoms with van der Waals surface area (Å²) in [7, 11) is 0. The van der Waals surface area contributed by atoms with Crippen LogP contribution in [0.3, 0.4) is 0 Å². The quantitative estimate of drug-likeness (QED) is 0.745. The highest BCUT2D eigenvalue weighted by Gasteiger charge is 2.39. The molecule has 1 aliphatic rings. The number of rotatable bonds is 2. The topological polar surface area (TPSA) is 55.1 Å². The van der Waals surface area contributed by atoms with Crippen LogP contribution < -0.4 is 5.32 Å². The number of nitrogens with zero attached hydrogens (tertiary/aromatic N) is 1. The number of carbonyl (C=O) groups is 1. The fourth-order valence-corrected chi connectivity index (χ4v) is 1.15. The first kappa shape index (κ1) is 8.29. The summed E-state index contributed by atoms with van der Waals surface area (Å²) < 4.78 is 4.84. The van der Waals surface area contributed by atoms with Gasteiger partial charge in [0.1, 0.15) is 0 Å². The lowest BCUT2D eigenvalue weighted by molar-refractivity contribution is 0.0897. The summed E-state index contributed by atoms with van der Waals surface area (Å²) in [5.74, 6) is 0.170. The first-order chi connectivity index (χ1) is 6.11. The second kappa shape index (κ2) is 2.58. The minimum Gasteiger partial charge on any atom is -0.351 e. The summed E-state index contributed by atoms with van der Waals surface area (Å²) in [4.78, 5) is 11.5. The molecule has 1 fully saturated rings. The zero-order chi connectivity index (χ0) is 9.47. The summed E-state index contributed by atoms with van der Waals surface area (Å²) >= 11 is 0. The highest BCUT2D eigenvalue weighted by Crippen LogP contribution is 2.34. The first-order valence-electron chi connectivity index (χ1n) is 4.34. The van der Waals surface area contributed by atoms with E-state index in [4.69, 9.17) is 4.52 Å². The Morgan fingerprint density at radius 2 is 2.38 bits per heavy atom. The molecule has 0 aliphatic heterocycles. The highest BCUT2D eigenvalue weighted by molar-refractivity contribution is 5.93. The van der Waals surface area contributed by atoms with Gasteiger partial charge in [-0.05, 0) is 26.7 Å². The molecule has 70 valence electrons. The van der Waals surface area contributed by atoms with Crippen molar-refractivity contribution in [1.29, 1.82) is 0 Å². The Balaban J connectivity index is 2.09. The van der Waals surface area contributed by atoms with Gasteiger partial charge >= 0.3 is 0 Å². The van der Waals surface area contributed by atoms with Crippen LogP contribution in [0.15, 0.2) is 10.7 Å². The van der Waals surface area contributed by atoms with E-state index < -0.39 is 0 Å². The van der Waals surface area contributed by atoms with E-state index >= 15 is 0 Å². The number of hydrogen-bond donors (Lipinski definition) is 1. The lowest BCUT2D eigenvalue weighted by atomic mass is 10.2. The molecule has 13 heavy (non-hydrogen) atoms. The van der Waals surface area contributed by atoms with E-state index in [1.807, 2.05) is 6.92 Å². The van der Waals surface area contributed by atoms with E-state index in [-0.39, 0.29) is 11.4 Å². The Morgan fingerprint density at radius 3 is 2.85 bits per heavy atom. The van der Waals surface area contributed by atoms with E-state index in [2.05, 4.69) is 10.5 Å². The van der Waals surface area contributed by atoms with Crippen molar-refractivity contribution >= 4 is 5.91 Å². The number of aryl methyl sites for hydroxylation is 1. The van der Waals surface area contributed by atoms with Crippen LogP contribution in [0.4, 0.5) is 0 Å². The normalized spacial score (nSPS) is 18.3. The van der Waals surface area contributed by atoms with E-state index in [9.17, 15) is 4.79 Å². The van der Waals surface area contributed by atoms with E-state index in [1.54, 1.807) is 13.1 Å². The molecule has 1 aliphatic carbocycles. The molecular formula is C9H12N2O2. The fraction of sp³-hybridized carbons (Fsp3) is 0.556. The summed E-state index contributed by atoms with van der Waals surface area (Å²) in [6, 6.07) is 0. The molecule has 0 atom stereocenters. The van der Waals surface area contributed by atoms with Gasteiger partial charge in [0, 0.05) is 11.1 Å². The van der Waals surface area contributed by atoms with Gasteiger partial charge in [-0.25, -0.2) is 0 Å². The van der Waals surface area contributed by atoms with Gasteiger partial charge in [0.05, 0.1) is 6.20 Å². The molecule has 1 aromatic rings. The van der Waals surface area contributed by atoms with Crippen LogP contribution in [-0.4, -0.2) is 16.6 Å². The van der Waals surface area contributed by atoms with Gasteiger partial charge in [0.15, 0.2) is 0 Å². The SMILES string of the molecule is Cc1cnoc1C(=O)NC1(C)CC1. The first-order valence-corrected chi connectivity index (χ1v) is 4.34. The fourth-order valence-electron chi connectivity index (χ4n) is 1.15. The molecule has 0 spiro atoms. The van der Waals surface area contributed by atoms with Gasteiger partial charge < -0.3 is 9.84 Å². The third kappa shape index (κ3) is 1.56. The van der Waals surface area contributed by atoms with Crippen molar-refractivity contribution in [2.75, 3.05) is 0 Å². The van der Waals surface area contributed by atoms with Crippen molar-refractivity contribution < 1.29 is 9.32 Å². The molecule has 0 bridgehead atoms. The number of aromatic nitrogens is 1. The molecule has 1 heterocycles. The molecule has 2 rings (SSSR count). The molecule has 0 saturated heterocycles. The molecule has 0 aromatic carbocycles. The average Bonchev–Trinajstić information content (AvgIpc) is 2.63. The van der Waals surface area contributed by atoms with Gasteiger partial charge in [0.2, 0.25) is 5.76 Å². The van der Waals surface area contributed by atoms with Crippen molar-refractivity contribution in [1.82, 2.24) is 10.5 Å². The predicted molar refractivity (Wildman–Crippen MR) is 46.3 cm³/mol. The number of hydrogen-bond acceptors (Lipinski definition) is 3. The lowest BCUT2D eigenvalue weighted by Crippen LogP contribution is -2.34. The molecule has 4 heteroatoms. The van der Waals surface area contributed by atoms with Gasteiger partial charge in [-0.1, -0.05) is 5.16 Å². The summed E-state index contributed by atoms with van der Waals surface area (Å²) in [6.45, 7) is 3.83. The van der Waals surface area contributed by atoms with Crippen LogP contribution >= 0.6 is 0 Å². The molecule has 4 nitrogen and oxygen atoms in total. The van der Waals surface area contributed by atoms with E-state index in [1.165, 1.54) is 0 Å². The summed E-state index contributed by atoms with van der Waals surface area (Å²) in [6.07, 6.45) is 3.64.